The van der Waals surface area contributed by atoms with Crippen LogP contribution in [0, 0.1) is 0 Å². The van der Waals surface area contributed by atoms with E-state index >= 15 is 0 Å². The lowest BCUT2D eigenvalue weighted by Gasteiger charge is -2.10. The Morgan fingerprint density at radius 1 is 1.00 bits per heavy atom. The van der Waals surface area contributed by atoms with Gasteiger partial charge in [0.2, 0.25) is 0 Å². The molecule has 23 heavy (non-hydrogen) atoms. The molecule has 0 amide bonds. The number of nitrogens with zero attached hydrogens (tertiary/aromatic N) is 6. The first-order chi connectivity index (χ1) is 11.1. The highest BCUT2D eigenvalue weighted by Crippen LogP contribution is 2.23. The van der Waals surface area contributed by atoms with Crippen LogP contribution in [0.4, 0.5) is 0 Å². The van der Waals surface area contributed by atoms with E-state index in [2.05, 4.69) is 35.8 Å². The van der Waals surface area contributed by atoms with Gasteiger partial charge in [-0.1, -0.05) is 20.8 Å². The van der Waals surface area contributed by atoms with E-state index in [1.54, 1.807) is 6.20 Å². The van der Waals surface area contributed by atoms with Gasteiger partial charge in [0.1, 0.15) is 0 Å². The molecule has 1 atom stereocenters. The fourth-order valence-electron chi connectivity index (χ4n) is 2.72. The highest BCUT2D eigenvalue weighted by Gasteiger charge is 2.17. The molecule has 0 N–H and O–H groups in total. The van der Waals surface area contributed by atoms with Crippen molar-refractivity contribution in [3.8, 4) is 0 Å². The Labute approximate surface area is 133 Å². The van der Waals surface area contributed by atoms with E-state index in [4.69, 9.17) is 5.10 Å². The summed E-state index contributed by atoms with van der Waals surface area (Å²) in [5.74, 6) is 0.481. The third-order valence-electron chi connectivity index (χ3n) is 4.14. The molecule has 116 valence electrons. The van der Waals surface area contributed by atoms with Crippen molar-refractivity contribution >= 4 is 11.3 Å². The van der Waals surface area contributed by atoms with Crippen LogP contribution in [-0.4, -0.2) is 29.2 Å². The molecule has 0 bridgehead atoms. The van der Waals surface area contributed by atoms with Crippen molar-refractivity contribution < 1.29 is 0 Å². The van der Waals surface area contributed by atoms with E-state index in [0.29, 0.717) is 5.92 Å². The van der Waals surface area contributed by atoms with Crippen LogP contribution in [0.1, 0.15) is 49.7 Å². The van der Waals surface area contributed by atoms with E-state index in [0.717, 1.165) is 28.4 Å². The maximum Gasteiger partial charge on any atom is 0.153 e. The second-order valence-electron chi connectivity index (χ2n) is 6.08. The van der Waals surface area contributed by atoms with Gasteiger partial charge in [-0.3, -0.25) is 0 Å². The van der Waals surface area contributed by atoms with Crippen LogP contribution in [0.15, 0.2) is 42.9 Å². The Morgan fingerprint density at radius 3 is 2.70 bits per heavy atom. The molecule has 0 saturated heterocycles. The number of fused-ring (bicyclic) bond motifs is 2. The Morgan fingerprint density at radius 2 is 1.87 bits per heavy atom. The predicted molar refractivity (Wildman–Crippen MR) is 87.6 cm³/mol. The van der Waals surface area contributed by atoms with Crippen LogP contribution >= 0.6 is 0 Å². The fourth-order valence-corrected chi connectivity index (χ4v) is 2.72. The third-order valence-corrected chi connectivity index (χ3v) is 4.14. The Balaban J connectivity index is 1.78. The Bertz CT molecular complexity index is 981. The number of aromatic nitrogens is 6. The molecular weight excluding hydrogens is 288 g/mol. The zero-order valence-corrected chi connectivity index (χ0v) is 13.4. The summed E-state index contributed by atoms with van der Waals surface area (Å²) in [5.41, 5.74) is 4.77. The lowest BCUT2D eigenvalue weighted by Crippen LogP contribution is -2.06. The Hall–Kier alpha value is -2.76. The van der Waals surface area contributed by atoms with E-state index < -0.39 is 0 Å². The minimum atomic E-state index is 0.0919. The van der Waals surface area contributed by atoms with Gasteiger partial charge in [-0.25, -0.2) is 19.0 Å². The van der Waals surface area contributed by atoms with Gasteiger partial charge in [0.05, 0.1) is 29.5 Å². The second kappa shape index (κ2) is 5.15. The van der Waals surface area contributed by atoms with Gasteiger partial charge in [-0.2, -0.15) is 10.2 Å². The molecule has 0 aliphatic rings. The minimum Gasteiger partial charge on any atom is -0.235 e. The summed E-state index contributed by atoms with van der Waals surface area (Å²) in [7, 11) is 0. The maximum absolute atomic E-state index is 4.73. The van der Waals surface area contributed by atoms with Crippen molar-refractivity contribution in [1.29, 1.82) is 0 Å². The molecule has 0 spiro atoms. The molecular formula is C17H18N6. The number of hydrogen-bond acceptors (Lipinski definition) is 4. The average Bonchev–Trinajstić information content (AvgIpc) is 3.17. The monoisotopic (exact) mass is 306 g/mol. The molecule has 0 aromatic carbocycles. The van der Waals surface area contributed by atoms with Gasteiger partial charge in [-0.15, -0.1) is 0 Å². The molecule has 4 heterocycles. The third kappa shape index (κ3) is 2.27. The molecule has 0 aliphatic heterocycles. The molecule has 0 saturated carbocycles. The Kier molecular flexibility index (Phi) is 3.11. The predicted octanol–water partition coefficient (Wildman–Crippen LogP) is 3.05. The molecule has 0 aliphatic carbocycles. The summed E-state index contributed by atoms with van der Waals surface area (Å²) in [6, 6.07) is 7.88. The highest BCUT2D eigenvalue weighted by atomic mass is 15.3. The van der Waals surface area contributed by atoms with Crippen molar-refractivity contribution in [3.05, 3.63) is 59.9 Å². The molecule has 6 heteroatoms. The van der Waals surface area contributed by atoms with Crippen molar-refractivity contribution in [2.24, 2.45) is 0 Å². The topological polar surface area (TPSA) is 60.4 Å². The second-order valence-corrected chi connectivity index (χ2v) is 6.08. The molecule has 1 unspecified atom stereocenters. The molecule has 4 rings (SSSR count). The van der Waals surface area contributed by atoms with Crippen LogP contribution in [0.25, 0.3) is 11.3 Å². The summed E-state index contributed by atoms with van der Waals surface area (Å²) in [6.45, 7) is 6.39. The van der Waals surface area contributed by atoms with Gasteiger partial charge in [-0.05, 0) is 30.2 Å². The SMILES string of the molecule is CC(C)c1cn2nc(C(C)c3cnc4cccnn34)ccc2n1. The molecule has 0 radical (unpaired) electrons. The number of rotatable bonds is 3. The average molecular weight is 306 g/mol. The highest BCUT2D eigenvalue weighted by molar-refractivity contribution is 5.42. The van der Waals surface area contributed by atoms with Crippen LogP contribution in [-0.2, 0) is 0 Å². The summed E-state index contributed by atoms with van der Waals surface area (Å²) in [6.07, 6.45) is 5.64. The molecule has 4 aromatic rings. The fraction of sp³-hybridized carbons (Fsp3) is 0.294. The summed E-state index contributed by atoms with van der Waals surface area (Å²) >= 11 is 0. The summed E-state index contributed by atoms with van der Waals surface area (Å²) in [4.78, 5) is 9.00. The largest absolute Gasteiger partial charge is 0.235 e. The normalized spacial score (nSPS) is 13.2. The smallest absolute Gasteiger partial charge is 0.153 e. The first-order valence-electron chi connectivity index (χ1n) is 7.78. The lowest BCUT2D eigenvalue weighted by atomic mass is 10.0. The number of imidazole rings is 2. The van der Waals surface area contributed by atoms with E-state index in [-0.39, 0.29) is 5.92 Å². The van der Waals surface area contributed by atoms with Crippen molar-refractivity contribution in [2.75, 3.05) is 0 Å². The van der Waals surface area contributed by atoms with Gasteiger partial charge in [0, 0.05) is 12.1 Å². The molecule has 4 aromatic heterocycles. The molecule has 6 nitrogen and oxygen atoms in total. The van der Waals surface area contributed by atoms with Crippen LogP contribution in [0.2, 0.25) is 0 Å². The van der Waals surface area contributed by atoms with Gasteiger partial charge in [0.15, 0.2) is 11.3 Å². The maximum atomic E-state index is 4.73. The first kappa shape index (κ1) is 13.9. The van der Waals surface area contributed by atoms with E-state index in [1.165, 1.54) is 0 Å². The minimum absolute atomic E-state index is 0.0919. The summed E-state index contributed by atoms with van der Waals surface area (Å²) < 4.78 is 3.72. The van der Waals surface area contributed by atoms with Crippen LogP contribution in [0.3, 0.4) is 0 Å². The van der Waals surface area contributed by atoms with Crippen LogP contribution < -0.4 is 0 Å². The summed E-state index contributed by atoms with van der Waals surface area (Å²) in [5, 5.41) is 9.11. The zero-order valence-electron chi connectivity index (χ0n) is 13.4. The van der Waals surface area contributed by atoms with E-state index in [9.17, 15) is 0 Å². The standard InChI is InChI=1S/C17H18N6/c1-11(2)14-10-22-17(20-14)7-6-13(21-22)12(3)15-9-18-16-5-4-8-19-23(15)16/h4-12H,1-3H3. The van der Waals surface area contributed by atoms with Gasteiger partial charge >= 0.3 is 0 Å². The van der Waals surface area contributed by atoms with E-state index in [1.807, 2.05) is 45.7 Å². The van der Waals surface area contributed by atoms with Crippen LogP contribution in [0.5, 0.6) is 0 Å². The van der Waals surface area contributed by atoms with Crippen molar-refractivity contribution in [2.45, 2.75) is 32.6 Å². The first-order valence-corrected chi connectivity index (χ1v) is 7.78. The van der Waals surface area contributed by atoms with Crippen molar-refractivity contribution in [1.82, 2.24) is 29.2 Å². The van der Waals surface area contributed by atoms with Gasteiger partial charge in [0.25, 0.3) is 0 Å². The van der Waals surface area contributed by atoms with Gasteiger partial charge < -0.3 is 0 Å². The lowest BCUT2D eigenvalue weighted by molar-refractivity contribution is 0.737. The molecule has 0 fully saturated rings. The zero-order chi connectivity index (χ0) is 16.0. The van der Waals surface area contributed by atoms with Crippen molar-refractivity contribution in [3.63, 3.8) is 0 Å². The number of hydrogen-bond donors (Lipinski definition) is 0. The quantitative estimate of drug-likeness (QED) is 0.583.